The van der Waals surface area contributed by atoms with E-state index in [1.54, 1.807) is 0 Å². The Labute approximate surface area is 132 Å². The lowest BCUT2D eigenvalue weighted by Crippen LogP contribution is -2.21. The Kier molecular flexibility index (Phi) is 12.8. The van der Waals surface area contributed by atoms with Gasteiger partial charge in [-0.3, -0.25) is 9.59 Å². The first-order valence-electron chi connectivity index (χ1n) is 8.25. The van der Waals surface area contributed by atoms with Crippen LogP contribution in [0.3, 0.4) is 0 Å². The molecule has 2 N–H and O–H groups in total. The van der Waals surface area contributed by atoms with Crippen molar-refractivity contribution in [3.05, 3.63) is 0 Å². The highest BCUT2D eigenvalue weighted by atomic mass is 17.2. The SMILES string of the molecule is CCCCC(CCC(=O)O)OOC(CCCC)CCC(=O)O. The highest BCUT2D eigenvalue weighted by Crippen LogP contribution is 2.17. The molecule has 0 bridgehead atoms. The van der Waals surface area contributed by atoms with Crippen LogP contribution < -0.4 is 0 Å². The predicted molar refractivity (Wildman–Crippen MR) is 82.5 cm³/mol. The molecule has 0 aliphatic rings. The molecule has 0 amide bonds. The van der Waals surface area contributed by atoms with Gasteiger partial charge in [0, 0.05) is 12.8 Å². The van der Waals surface area contributed by atoms with Crippen LogP contribution in [-0.2, 0) is 19.4 Å². The van der Waals surface area contributed by atoms with E-state index in [9.17, 15) is 9.59 Å². The summed E-state index contributed by atoms with van der Waals surface area (Å²) >= 11 is 0. The van der Waals surface area contributed by atoms with Crippen LogP contribution in [0.2, 0.25) is 0 Å². The summed E-state index contributed by atoms with van der Waals surface area (Å²) in [5, 5.41) is 17.5. The number of carbonyl (C=O) groups is 2. The molecule has 22 heavy (non-hydrogen) atoms. The van der Waals surface area contributed by atoms with Gasteiger partial charge in [0.2, 0.25) is 0 Å². The van der Waals surface area contributed by atoms with E-state index in [1.165, 1.54) is 0 Å². The molecule has 0 heterocycles. The average molecular weight is 318 g/mol. The lowest BCUT2D eigenvalue weighted by Gasteiger charge is -2.21. The minimum absolute atomic E-state index is 0.0481. The molecule has 2 atom stereocenters. The fourth-order valence-corrected chi connectivity index (χ4v) is 2.07. The lowest BCUT2D eigenvalue weighted by molar-refractivity contribution is -0.354. The minimum Gasteiger partial charge on any atom is -0.481 e. The van der Waals surface area contributed by atoms with Gasteiger partial charge in [0.25, 0.3) is 0 Å². The van der Waals surface area contributed by atoms with Gasteiger partial charge in [-0.15, -0.1) is 0 Å². The van der Waals surface area contributed by atoms with Crippen LogP contribution in [0.1, 0.15) is 78.1 Å². The number of unbranched alkanes of at least 4 members (excludes halogenated alkanes) is 2. The molecule has 6 nitrogen and oxygen atoms in total. The lowest BCUT2D eigenvalue weighted by atomic mass is 10.1. The Hall–Kier alpha value is -1.14. The van der Waals surface area contributed by atoms with Crippen LogP contribution in [0.15, 0.2) is 0 Å². The zero-order chi connectivity index (χ0) is 16.8. The predicted octanol–water partition coefficient (Wildman–Crippen LogP) is 3.78. The minimum atomic E-state index is -0.849. The van der Waals surface area contributed by atoms with Crippen LogP contribution in [0.5, 0.6) is 0 Å². The molecule has 0 radical (unpaired) electrons. The summed E-state index contributed by atoms with van der Waals surface area (Å²) in [5.74, 6) is -1.70. The molecule has 0 aromatic rings. The van der Waals surface area contributed by atoms with E-state index in [1.807, 2.05) is 0 Å². The third kappa shape index (κ3) is 12.6. The third-order valence-electron chi connectivity index (χ3n) is 3.45. The highest BCUT2D eigenvalue weighted by molar-refractivity contribution is 5.66. The van der Waals surface area contributed by atoms with Crippen molar-refractivity contribution in [1.82, 2.24) is 0 Å². The zero-order valence-electron chi connectivity index (χ0n) is 13.8. The van der Waals surface area contributed by atoms with Gasteiger partial charge in [0.05, 0.1) is 12.2 Å². The first-order valence-corrected chi connectivity index (χ1v) is 8.25. The summed E-state index contributed by atoms with van der Waals surface area (Å²) in [4.78, 5) is 32.2. The molecule has 6 heteroatoms. The monoisotopic (exact) mass is 318 g/mol. The second kappa shape index (κ2) is 13.5. The van der Waals surface area contributed by atoms with Gasteiger partial charge in [-0.25, -0.2) is 9.78 Å². The van der Waals surface area contributed by atoms with Crippen molar-refractivity contribution in [2.24, 2.45) is 0 Å². The van der Waals surface area contributed by atoms with E-state index in [0.29, 0.717) is 12.8 Å². The van der Waals surface area contributed by atoms with Gasteiger partial charge in [-0.2, -0.15) is 0 Å². The van der Waals surface area contributed by atoms with Crippen LogP contribution in [0.25, 0.3) is 0 Å². The Balaban J connectivity index is 4.29. The summed E-state index contributed by atoms with van der Waals surface area (Å²) in [7, 11) is 0. The van der Waals surface area contributed by atoms with Crippen molar-refractivity contribution in [3.8, 4) is 0 Å². The molecular weight excluding hydrogens is 288 g/mol. The van der Waals surface area contributed by atoms with Crippen LogP contribution in [-0.4, -0.2) is 34.4 Å². The smallest absolute Gasteiger partial charge is 0.303 e. The molecule has 0 saturated carbocycles. The van der Waals surface area contributed by atoms with Gasteiger partial charge in [-0.1, -0.05) is 39.5 Å². The third-order valence-corrected chi connectivity index (χ3v) is 3.45. The first-order chi connectivity index (χ1) is 10.5. The molecule has 0 aliphatic carbocycles. The maximum absolute atomic E-state index is 10.7. The average Bonchev–Trinajstić information content (AvgIpc) is 2.47. The van der Waals surface area contributed by atoms with E-state index >= 15 is 0 Å². The van der Waals surface area contributed by atoms with Crippen LogP contribution in [0.4, 0.5) is 0 Å². The van der Waals surface area contributed by atoms with E-state index in [-0.39, 0.29) is 25.0 Å². The Morgan fingerprint density at radius 3 is 1.41 bits per heavy atom. The van der Waals surface area contributed by atoms with Crippen molar-refractivity contribution < 1.29 is 29.6 Å². The van der Waals surface area contributed by atoms with Crippen molar-refractivity contribution in [3.63, 3.8) is 0 Å². The van der Waals surface area contributed by atoms with Crippen molar-refractivity contribution in [2.45, 2.75) is 90.3 Å². The molecule has 0 aromatic heterocycles. The molecule has 0 saturated heterocycles. The summed E-state index contributed by atoms with van der Waals surface area (Å²) in [6, 6.07) is 0. The summed E-state index contributed by atoms with van der Waals surface area (Å²) in [6.07, 6.45) is 5.84. The number of aliphatic carboxylic acids is 2. The Bertz CT molecular complexity index is 275. The zero-order valence-corrected chi connectivity index (χ0v) is 13.8. The number of rotatable bonds is 15. The molecule has 0 spiro atoms. The largest absolute Gasteiger partial charge is 0.481 e. The Morgan fingerprint density at radius 2 is 1.14 bits per heavy atom. The van der Waals surface area contributed by atoms with Crippen molar-refractivity contribution >= 4 is 11.9 Å². The van der Waals surface area contributed by atoms with Gasteiger partial charge in [0.1, 0.15) is 0 Å². The van der Waals surface area contributed by atoms with Crippen LogP contribution in [0, 0.1) is 0 Å². The standard InChI is InChI=1S/C16H30O6/c1-3-5-7-13(9-11-15(17)18)21-22-14(8-6-4-2)10-12-16(19)20/h13-14H,3-12H2,1-2H3,(H,17,18)(H,19,20). The summed E-state index contributed by atoms with van der Waals surface area (Å²) in [6.45, 7) is 4.12. The van der Waals surface area contributed by atoms with Gasteiger partial charge in [-0.05, 0) is 25.7 Å². The fraction of sp³-hybridized carbons (Fsp3) is 0.875. The molecule has 2 unspecified atom stereocenters. The number of carboxylic acids is 2. The quantitative estimate of drug-likeness (QED) is 0.352. The molecular formula is C16H30O6. The van der Waals surface area contributed by atoms with Crippen molar-refractivity contribution in [2.75, 3.05) is 0 Å². The van der Waals surface area contributed by atoms with Gasteiger partial charge in [0.15, 0.2) is 0 Å². The summed E-state index contributed by atoms with van der Waals surface area (Å²) < 4.78 is 0. The Morgan fingerprint density at radius 1 is 0.773 bits per heavy atom. The second-order valence-electron chi connectivity index (χ2n) is 5.59. The topological polar surface area (TPSA) is 93.1 Å². The molecule has 0 aliphatic heterocycles. The van der Waals surface area contributed by atoms with Crippen LogP contribution >= 0.6 is 0 Å². The number of hydrogen-bond acceptors (Lipinski definition) is 4. The van der Waals surface area contributed by atoms with E-state index in [0.717, 1.165) is 38.5 Å². The maximum Gasteiger partial charge on any atom is 0.303 e. The molecule has 0 rings (SSSR count). The van der Waals surface area contributed by atoms with E-state index < -0.39 is 11.9 Å². The number of hydrogen-bond donors (Lipinski definition) is 2. The second-order valence-corrected chi connectivity index (χ2v) is 5.59. The van der Waals surface area contributed by atoms with Gasteiger partial charge < -0.3 is 10.2 Å². The number of carboxylic acid groups (broad SMARTS) is 2. The van der Waals surface area contributed by atoms with E-state index in [4.69, 9.17) is 20.0 Å². The molecule has 130 valence electrons. The first kappa shape index (κ1) is 20.9. The summed E-state index contributed by atoms with van der Waals surface area (Å²) in [5.41, 5.74) is 0. The highest BCUT2D eigenvalue weighted by Gasteiger charge is 2.17. The molecule has 0 aromatic carbocycles. The fourth-order valence-electron chi connectivity index (χ4n) is 2.07. The molecule has 0 fully saturated rings. The maximum atomic E-state index is 10.7. The van der Waals surface area contributed by atoms with Gasteiger partial charge >= 0.3 is 11.9 Å². The normalized spacial score (nSPS) is 13.7. The van der Waals surface area contributed by atoms with E-state index in [2.05, 4.69) is 13.8 Å². The van der Waals surface area contributed by atoms with Crippen molar-refractivity contribution in [1.29, 1.82) is 0 Å².